The highest BCUT2D eigenvalue weighted by Gasteiger charge is 2.22. The Bertz CT molecular complexity index is 1110. The number of methoxy groups -OCH3 is 2. The molecule has 0 atom stereocenters. The maximum atomic E-state index is 12.0. The van der Waals surface area contributed by atoms with Gasteiger partial charge in [0.2, 0.25) is 0 Å². The second kappa shape index (κ2) is 10.6. The molecule has 3 aromatic rings. The van der Waals surface area contributed by atoms with Gasteiger partial charge >= 0.3 is 5.97 Å². The summed E-state index contributed by atoms with van der Waals surface area (Å²) in [6.07, 6.45) is 0.782. The lowest BCUT2D eigenvalue weighted by atomic mass is 10.1. The molecule has 0 spiro atoms. The van der Waals surface area contributed by atoms with E-state index in [1.807, 2.05) is 60.9 Å². The summed E-state index contributed by atoms with van der Waals surface area (Å²) in [7, 11) is 3.23. The SMILES string of the molecule is COc1ccc(CCNCc2c(C(=O)O)c(C)n(Cc3cccc(Cl)c3)c2C)cc1OC. The van der Waals surface area contributed by atoms with Crippen molar-refractivity contribution >= 4 is 17.6 Å². The van der Waals surface area contributed by atoms with E-state index in [0.29, 0.717) is 41.7 Å². The molecular weight excluding hydrogens is 428 g/mol. The van der Waals surface area contributed by atoms with E-state index < -0.39 is 5.97 Å². The van der Waals surface area contributed by atoms with Crippen LogP contribution in [0.5, 0.6) is 11.5 Å². The molecule has 1 aromatic heterocycles. The van der Waals surface area contributed by atoms with Crippen molar-refractivity contribution in [3.63, 3.8) is 0 Å². The summed E-state index contributed by atoms with van der Waals surface area (Å²) in [6.45, 7) is 5.57. The Kier molecular flexibility index (Phi) is 7.83. The fourth-order valence-electron chi connectivity index (χ4n) is 3.99. The minimum Gasteiger partial charge on any atom is -0.493 e. The molecule has 32 heavy (non-hydrogen) atoms. The van der Waals surface area contributed by atoms with Gasteiger partial charge in [-0.05, 0) is 62.2 Å². The first-order valence-corrected chi connectivity index (χ1v) is 10.8. The monoisotopic (exact) mass is 456 g/mol. The minimum absolute atomic E-state index is 0.364. The summed E-state index contributed by atoms with van der Waals surface area (Å²) < 4.78 is 12.7. The molecule has 0 saturated carbocycles. The van der Waals surface area contributed by atoms with E-state index >= 15 is 0 Å². The van der Waals surface area contributed by atoms with Crippen LogP contribution >= 0.6 is 11.6 Å². The molecule has 2 aromatic carbocycles. The van der Waals surface area contributed by atoms with Crippen LogP contribution in [0.2, 0.25) is 5.02 Å². The van der Waals surface area contributed by atoms with Crippen LogP contribution in [-0.2, 0) is 19.5 Å². The van der Waals surface area contributed by atoms with E-state index in [9.17, 15) is 9.90 Å². The third-order valence-electron chi connectivity index (χ3n) is 5.69. The number of hydrogen-bond donors (Lipinski definition) is 2. The molecule has 6 nitrogen and oxygen atoms in total. The highest BCUT2D eigenvalue weighted by Crippen LogP contribution is 2.28. The lowest BCUT2D eigenvalue weighted by molar-refractivity contribution is 0.0694. The van der Waals surface area contributed by atoms with Crippen LogP contribution < -0.4 is 14.8 Å². The zero-order valence-corrected chi connectivity index (χ0v) is 19.6. The van der Waals surface area contributed by atoms with Gasteiger partial charge in [0, 0.05) is 35.1 Å². The summed E-state index contributed by atoms with van der Waals surface area (Å²) in [5, 5.41) is 13.9. The lowest BCUT2D eigenvalue weighted by Gasteiger charge is -2.11. The standard InChI is InChI=1S/C25H29ClN2O4/c1-16-21(14-27-11-10-18-8-9-22(31-3)23(13-18)32-4)24(25(29)30)17(2)28(16)15-19-6-5-7-20(26)12-19/h5-9,12-13,27H,10-11,14-15H2,1-4H3,(H,29,30). The number of carbonyl (C=O) groups is 1. The van der Waals surface area contributed by atoms with Gasteiger partial charge in [0.25, 0.3) is 0 Å². The van der Waals surface area contributed by atoms with Crippen LogP contribution in [0.15, 0.2) is 42.5 Å². The van der Waals surface area contributed by atoms with Gasteiger partial charge in [-0.2, -0.15) is 0 Å². The molecule has 0 unspecified atom stereocenters. The van der Waals surface area contributed by atoms with Crippen LogP contribution in [0.3, 0.4) is 0 Å². The van der Waals surface area contributed by atoms with Crippen molar-refractivity contribution in [2.24, 2.45) is 0 Å². The third kappa shape index (κ3) is 5.26. The molecule has 0 saturated heterocycles. The van der Waals surface area contributed by atoms with E-state index in [1.54, 1.807) is 14.2 Å². The summed E-state index contributed by atoms with van der Waals surface area (Å²) >= 11 is 6.12. The molecule has 0 bridgehead atoms. The zero-order valence-electron chi connectivity index (χ0n) is 18.9. The Labute approximate surface area is 193 Å². The number of rotatable bonds is 10. The molecule has 170 valence electrons. The van der Waals surface area contributed by atoms with Crippen molar-refractivity contribution in [3.8, 4) is 11.5 Å². The Morgan fingerprint density at radius 1 is 1.03 bits per heavy atom. The molecule has 0 radical (unpaired) electrons. The van der Waals surface area contributed by atoms with Crippen molar-refractivity contribution in [1.29, 1.82) is 0 Å². The van der Waals surface area contributed by atoms with Gasteiger partial charge in [0.05, 0.1) is 19.8 Å². The smallest absolute Gasteiger partial charge is 0.337 e. The Morgan fingerprint density at radius 2 is 1.78 bits per heavy atom. The quantitative estimate of drug-likeness (QED) is 0.426. The van der Waals surface area contributed by atoms with Crippen molar-refractivity contribution in [1.82, 2.24) is 9.88 Å². The Hall–Kier alpha value is -2.96. The predicted molar refractivity (Wildman–Crippen MR) is 126 cm³/mol. The van der Waals surface area contributed by atoms with Crippen LogP contribution in [0.1, 0.15) is 38.4 Å². The molecule has 0 aliphatic rings. The normalized spacial score (nSPS) is 10.9. The largest absolute Gasteiger partial charge is 0.493 e. The van der Waals surface area contributed by atoms with Gasteiger partial charge in [-0.15, -0.1) is 0 Å². The summed E-state index contributed by atoms with van der Waals surface area (Å²) in [4.78, 5) is 12.0. The Balaban J connectivity index is 1.73. The number of nitrogens with zero attached hydrogens (tertiary/aromatic N) is 1. The summed E-state index contributed by atoms with van der Waals surface area (Å²) in [5.41, 5.74) is 5.00. The number of carboxylic acid groups (broad SMARTS) is 1. The van der Waals surface area contributed by atoms with E-state index in [4.69, 9.17) is 21.1 Å². The van der Waals surface area contributed by atoms with E-state index in [0.717, 1.165) is 34.5 Å². The number of aromatic carboxylic acids is 1. The molecule has 7 heteroatoms. The summed E-state index contributed by atoms with van der Waals surface area (Å²) in [6, 6.07) is 13.5. The van der Waals surface area contributed by atoms with Crippen LogP contribution in [0.4, 0.5) is 0 Å². The molecule has 3 rings (SSSR count). The van der Waals surface area contributed by atoms with Crippen molar-refractivity contribution in [3.05, 3.63) is 81.1 Å². The average molecular weight is 457 g/mol. The number of aromatic nitrogens is 1. The van der Waals surface area contributed by atoms with Crippen LogP contribution in [0, 0.1) is 13.8 Å². The van der Waals surface area contributed by atoms with E-state index in [2.05, 4.69) is 5.32 Å². The number of ether oxygens (including phenoxy) is 2. The fraction of sp³-hybridized carbons (Fsp3) is 0.320. The second-order valence-corrected chi connectivity index (χ2v) is 8.10. The van der Waals surface area contributed by atoms with E-state index in [-0.39, 0.29) is 0 Å². The van der Waals surface area contributed by atoms with Gasteiger partial charge in [-0.25, -0.2) is 4.79 Å². The molecule has 2 N–H and O–H groups in total. The number of hydrogen-bond acceptors (Lipinski definition) is 4. The summed E-state index contributed by atoms with van der Waals surface area (Å²) in [5.74, 6) is 0.484. The van der Waals surface area contributed by atoms with Gasteiger partial charge in [0.1, 0.15) is 0 Å². The van der Waals surface area contributed by atoms with Gasteiger partial charge < -0.3 is 24.5 Å². The number of halogens is 1. The first-order valence-electron chi connectivity index (χ1n) is 10.4. The maximum absolute atomic E-state index is 12.0. The first kappa shape index (κ1) is 23.7. The van der Waals surface area contributed by atoms with Gasteiger partial charge in [-0.3, -0.25) is 0 Å². The molecule has 0 aliphatic heterocycles. The lowest BCUT2D eigenvalue weighted by Crippen LogP contribution is -2.18. The fourth-order valence-corrected chi connectivity index (χ4v) is 4.20. The second-order valence-electron chi connectivity index (χ2n) is 7.66. The zero-order chi connectivity index (χ0) is 23.3. The van der Waals surface area contributed by atoms with E-state index in [1.165, 1.54) is 0 Å². The molecule has 1 heterocycles. The first-order chi connectivity index (χ1) is 15.3. The topological polar surface area (TPSA) is 72.7 Å². The van der Waals surface area contributed by atoms with Gasteiger partial charge in [0.15, 0.2) is 11.5 Å². The number of benzene rings is 2. The average Bonchev–Trinajstić information content (AvgIpc) is 3.00. The molecule has 0 amide bonds. The maximum Gasteiger partial charge on any atom is 0.337 e. The van der Waals surface area contributed by atoms with Crippen molar-refractivity contribution < 1.29 is 19.4 Å². The van der Waals surface area contributed by atoms with Crippen LogP contribution in [0.25, 0.3) is 0 Å². The Morgan fingerprint density at radius 3 is 2.44 bits per heavy atom. The van der Waals surface area contributed by atoms with Crippen molar-refractivity contribution in [2.75, 3.05) is 20.8 Å². The number of nitrogens with one attached hydrogen (secondary N) is 1. The van der Waals surface area contributed by atoms with Crippen LogP contribution in [-0.4, -0.2) is 36.4 Å². The molecule has 0 aliphatic carbocycles. The molecule has 0 fully saturated rings. The van der Waals surface area contributed by atoms with Gasteiger partial charge in [-0.1, -0.05) is 29.8 Å². The highest BCUT2D eigenvalue weighted by atomic mass is 35.5. The third-order valence-corrected chi connectivity index (χ3v) is 5.93. The predicted octanol–water partition coefficient (Wildman–Crippen LogP) is 4.85. The molecular formula is C25H29ClN2O4. The highest BCUT2D eigenvalue weighted by molar-refractivity contribution is 6.30. The van der Waals surface area contributed by atoms with Crippen molar-refractivity contribution in [2.45, 2.75) is 33.4 Å². The number of carboxylic acids is 1. The minimum atomic E-state index is -0.910.